The molecule has 9 heavy (non-hydrogen) atoms. The summed E-state index contributed by atoms with van der Waals surface area (Å²) in [6.07, 6.45) is -1.08. The second-order valence-corrected chi connectivity index (χ2v) is 1.79. The number of hydrogen-bond acceptors (Lipinski definition) is 3. The highest BCUT2D eigenvalue weighted by atomic mass is 127. The second-order valence-electron chi connectivity index (χ2n) is 1.79. The minimum Gasteiger partial charge on any atom is -0.389 e. The lowest BCUT2D eigenvalue weighted by Gasteiger charge is -2.01. The van der Waals surface area contributed by atoms with Gasteiger partial charge in [0.15, 0.2) is 0 Å². The van der Waals surface area contributed by atoms with Gasteiger partial charge in [0.2, 0.25) is 0 Å². The fourth-order valence-electron chi connectivity index (χ4n) is 0.651. The van der Waals surface area contributed by atoms with Crippen LogP contribution in [-0.4, -0.2) is 40.4 Å². The lowest BCUT2D eigenvalue weighted by Crippen LogP contribution is -2.22. The van der Waals surface area contributed by atoms with Crippen LogP contribution in [0, 0.1) is 0 Å². The number of halogens is 1. The molecule has 0 radical (unpaired) electrons. The Bertz CT molecular complexity index is 64.0. The van der Waals surface area contributed by atoms with Crippen LogP contribution in [-0.2, 0) is 0 Å². The van der Waals surface area contributed by atoms with E-state index in [1.54, 1.807) is 0 Å². The summed E-state index contributed by atoms with van der Waals surface area (Å²) in [5.74, 6) is 0. The molecule has 2 atom stereocenters. The Kier molecular flexibility index (Phi) is 5.77. The van der Waals surface area contributed by atoms with E-state index in [-0.39, 0.29) is 0 Å². The van der Waals surface area contributed by atoms with Crippen molar-refractivity contribution in [3.8, 4) is 0 Å². The number of alkyl halides is 1. The molecule has 1 heterocycles. The van der Waals surface area contributed by atoms with E-state index >= 15 is 0 Å². The average Bonchev–Trinajstić information content (AvgIpc) is 2.23. The fraction of sp³-hybridized carbons (Fsp3) is 1.00. The second kappa shape index (κ2) is 5.40. The van der Waals surface area contributed by atoms with Crippen LogP contribution in [0.3, 0.4) is 0 Å². The Labute approximate surface area is 68.6 Å². The predicted molar refractivity (Wildman–Crippen MR) is 44.8 cm³/mol. The maximum atomic E-state index is 8.69. The molecular weight excluding hydrogens is 233 g/mol. The van der Waals surface area contributed by atoms with Crippen molar-refractivity contribution in [2.24, 2.45) is 0 Å². The molecule has 1 rings (SSSR count). The Balaban J connectivity index is 0.000000291. The van der Waals surface area contributed by atoms with Gasteiger partial charge in [0.05, 0.1) is 12.2 Å². The first-order chi connectivity index (χ1) is 4.30. The van der Waals surface area contributed by atoms with Crippen LogP contribution in [0.15, 0.2) is 0 Å². The molecule has 1 fully saturated rings. The molecule has 3 nitrogen and oxygen atoms in total. The molecule has 4 heteroatoms. The summed E-state index contributed by atoms with van der Waals surface area (Å²) in [4.78, 5) is 1.97. The lowest BCUT2D eigenvalue weighted by atomic mass is 10.3. The molecule has 0 amide bonds. The molecule has 56 valence electrons. The molecule has 1 aliphatic heterocycles. The zero-order valence-electron chi connectivity index (χ0n) is 5.34. The molecule has 3 N–H and O–H groups in total. The molecule has 0 spiro atoms. The summed E-state index contributed by atoms with van der Waals surface area (Å²) in [5, 5.41) is 20.2. The van der Waals surface area contributed by atoms with Crippen molar-refractivity contribution in [3.05, 3.63) is 0 Å². The molecule has 1 aliphatic rings. The Hall–Kier alpha value is 0.610. The van der Waals surface area contributed by atoms with Gasteiger partial charge in [-0.1, -0.05) is 22.6 Å². The normalized spacial score (nSPS) is 33.3. The van der Waals surface area contributed by atoms with Gasteiger partial charge in [0.25, 0.3) is 0 Å². The van der Waals surface area contributed by atoms with E-state index in [1.807, 2.05) is 4.93 Å². The SMILES string of the molecule is CI.O[C@@H]1CNC[C@H]1O. The van der Waals surface area contributed by atoms with Gasteiger partial charge < -0.3 is 15.5 Å². The number of hydrogen-bond donors (Lipinski definition) is 3. The van der Waals surface area contributed by atoms with Crippen molar-refractivity contribution < 1.29 is 10.2 Å². The van der Waals surface area contributed by atoms with E-state index in [4.69, 9.17) is 10.2 Å². The monoisotopic (exact) mass is 245 g/mol. The summed E-state index contributed by atoms with van der Waals surface area (Å²) in [6.45, 7) is 1.06. The van der Waals surface area contributed by atoms with Crippen LogP contribution in [0.4, 0.5) is 0 Å². The minimum atomic E-state index is -0.542. The number of rotatable bonds is 0. The molecular formula is C5H12INO2. The summed E-state index contributed by atoms with van der Waals surface area (Å²) in [6, 6.07) is 0. The number of aliphatic hydroxyl groups excluding tert-OH is 2. The quantitative estimate of drug-likeness (QED) is 0.393. The van der Waals surface area contributed by atoms with Crippen molar-refractivity contribution in [1.82, 2.24) is 5.32 Å². The van der Waals surface area contributed by atoms with Crippen LogP contribution in [0.2, 0.25) is 0 Å². The Morgan fingerprint density at radius 1 is 1.22 bits per heavy atom. The van der Waals surface area contributed by atoms with Crippen molar-refractivity contribution in [3.63, 3.8) is 0 Å². The van der Waals surface area contributed by atoms with Crippen molar-refractivity contribution in [1.29, 1.82) is 0 Å². The predicted octanol–water partition coefficient (Wildman–Crippen LogP) is -0.637. The van der Waals surface area contributed by atoms with Gasteiger partial charge in [-0.05, 0) is 4.93 Å². The van der Waals surface area contributed by atoms with E-state index in [2.05, 4.69) is 27.9 Å². The highest BCUT2D eigenvalue weighted by Crippen LogP contribution is 1.96. The minimum absolute atomic E-state index is 0.529. The number of aliphatic hydroxyl groups is 2. The van der Waals surface area contributed by atoms with Crippen molar-refractivity contribution in [2.75, 3.05) is 18.0 Å². The maximum Gasteiger partial charge on any atom is 0.0935 e. The Morgan fingerprint density at radius 3 is 1.67 bits per heavy atom. The molecule has 0 aromatic rings. The molecule has 0 unspecified atom stereocenters. The first-order valence-corrected chi connectivity index (χ1v) is 4.91. The molecule has 0 bridgehead atoms. The number of β-amino-alcohol motifs (C(OH)–C–C–N with tert-alkyl or cyclic N) is 2. The largest absolute Gasteiger partial charge is 0.389 e. The third kappa shape index (κ3) is 3.34. The van der Waals surface area contributed by atoms with E-state index in [0.29, 0.717) is 13.1 Å². The third-order valence-electron chi connectivity index (χ3n) is 1.15. The zero-order valence-corrected chi connectivity index (χ0v) is 7.50. The van der Waals surface area contributed by atoms with Crippen LogP contribution in [0.5, 0.6) is 0 Å². The van der Waals surface area contributed by atoms with Gasteiger partial charge in [-0.3, -0.25) is 0 Å². The van der Waals surface area contributed by atoms with Gasteiger partial charge in [0, 0.05) is 13.1 Å². The number of nitrogens with one attached hydrogen (secondary N) is 1. The average molecular weight is 245 g/mol. The molecule has 0 aromatic carbocycles. The summed E-state index contributed by atoms with van der Waals surface area (Å²) in [5.41, 5.74) is 0. The van der Waals surface area contributed by atoms with Gasteiger partial charge in [-0.2, -0.15) is 0 Å². The smallest absolute Gasteiger partial charge is 0.0935 e. The maximum absolute atomic E-state index is 8.69. The van der Waals surface area contributed by atoms with E-state index in [0.717, 1.165) is 0 Å². The standard InChI is InChI=1S/C4H9NO2.CH3I/c6-3-1-5-2-4(3)7;1-2/h3-7H,1-2H2;1H3/t3-,4-;/m1./s1. The molecule has 0 saturated carbocycles. The summed E-state index contributed by atoms with van der Waals surface area (Å²) in [7, 11) is 0. The summed E-state index contributed by atoms with van der Waals surface area (Å²) < 4.78 is 0. The van der Waals surface area contributed by atoms with Crippen molar-refractivity contribution in [2.45, 2.75) is 12.2 Å². The molecule has 0 aliphatic carbocycles. The van der Waals surface area contributed by atoms with Gasteiger partial charge in [-0.25, -0.2) is 0 Å². The third-order valence-corrected chi connectivity index (χ3v) is 1.15. The molecule has 1 saturated heterocycles. The van der Waals surface area contributed by atoms with E-state index < -0.39 is 12.2 Å². The topological polar surface area (TPSA) is 52.5 Å². The zero-order chi connectivity index (χ0) is 7.28. The first-order valence-electron chi connectivity index (χ1n) is 2.75. The van der Waals surface area contributed by atoms with Gasteiger partial charge in [0.1, 0.15) is 0 Å². The van der Waals surface area contributed by atoms with Crippen LogP contribution >= 0.6 is 22.6 Å². The van der Waals surface area contributed by atoms with Gasteiger partial charge in [-0.15, -0.1) is 0 Å². The summed E-state index contributed by atoms with van der Waals surface area (Å²) >= 11 is 2.15. The van der Waals surface area contributed by atoms with Crippen LogP contribution in [0.25, 0.3) is 0 Å². The highest BCUT2D eigenvalue weighted by Gasteiger charge is 2.21. The fourth-order valence-corrected chi connectivity index (χ4v) is 0.651. The van der Waals surface area contributed by atoms with Crippen molar-refractivity contribution >= 4 is 22.6 Å². The van der Waals surface area contributed by atoms with E-state index in [1.165, 1.54) is 0 Å². The first kappa shape index (κ1) is 9.61. The van der Waals surface area contributed by atoms with E-state index in [9.17, 15) is 0 Å². The van der Waals surface area contributed by atoms with Gasteiger partial charge >= 0.3 is 0 Å². The highest BCUT2D eigenvalue weighted by molar-refractivity contribution is 14.1. The molecule has 0 aromatic heterocycles. The van der Waals surface area contributed by atoms with Crippen LogP contribution in [0.1, 0.15) is 0 Å². The van der Waals surface area contributed by atoms with Crippen LogP contribution < -0.4 is 5.32 Å². The lowest BCUT2D eigenvalue weighted by molar-refractivity contribution is 0.0572. The Morgan fingerprint density at radius 2 is 1.56 bits per heavy atom.